The number of nitrogens with one attached hydrogen (secondary N) is 1. The van der Waals surface area contributed by atoms with E-state index in [-0.39, 0.29) is 11.8 Å². The summed E-state index contributed by atoms with van der Waals surface area (Å²) in [6.45, 7) is 4.36. The third-order valence-electron chi connectivity index (χ3n) is 4.07. The monoisotopic (exact) mass is 299 g/mol. The van der Waals surface area contributed by atoms with Crippen molar-refractivity contribution < 1.29 is 9.84 Å². The Morgan fingerprint density at radius 3 is 2.27 bits per heavy atom. The first-order chi connectivity index (χ1) is 10.7. The summed E-state index contributed by atoms with van der Waals surface area (Å²) in [7, 11) is 1.60. The Balaban J connectivity index is 2.40. The second-order valence-corrected chi connectivity index (χ2v) is 5.45. The number of phenols is 1. The van der Waals surface area contributed by atoms with Gasteiger partial charge in [-0.05, 0) is 30.5 Å². The predicted molar refractivity (Wildman–Crippen MR) is 90.4 cm³/mol. The molecule has 0 saturated heterocycles. The molecule has 0 radical (unpaired) electrons. The van der Waals surface area contributed by atoms with Gasteiger partial charge in [0.25, 0.3) is 0 Å². The Labute approximate surface area is 133 Å². The molecule has 3 nitrogen and oxygen atoms in total. The zero-order valence-corrected chi connectivity index (χ0v) is 13.5. The quantitative estimate of drug-likeness (QED) is 0.802. The molecule has 2 N–H and O–H groups in total. The van der Waals surface area contributed by atoms with Crippen LogP contribution in [0.4, 0.5) is 0 Å². The molecule has 2 aromatic rings. The molecule has 0 saturated carbocycles. The molecule has 0 bridgehead atoms. The first-order valence-corrected chi connectivity index (χ1v) is 7.87. The van der Waals surface area contributed by atoms with Gasteiger partial charge in [-0.1, -0.05) is 44.2 Å². The smallest absolute Gasteiger partial charge is 0.124 e. The average Bonchev–Trinajstić information content (AvgIpc) is 2.57. The van der Waals surface area contributed by atoms with Crippen LogP contribution < -0.4 is 10.1 Å². The van der Waals surface area contributed by atoms with E-state index < -0.39 is 0 Å². The van der Waals surface area contributed by atoms with E-state index in [9.17, 15) is 5.11 Å². The highest BCUT2D eigenvalue weighted by Gasteiger charge is 2.20. The highest BCUT2D eigenvalue weighted by atomic mass is 16.5. The summed E-state index contributed by atoms with van der Waals surface area (Å²) in [6, 6.07) is 16.1. The lowest BCUT2D eigenvalue weighted by molar-refractivity contribution is 0.400. The molecule has 0 amide bonds. The fraction of sp³-hybridized carbons (Fsp3) is 0.368. The number of aromatic hydroxyl groups is 1. The van der Waals surface area contributed by atoms with Gasteiger partial charge in [0.15, 0.2) is 0 Å². The van der Waals surface area contributed by atoms with Crippen molar-refractivity contribution in [3.8, 4) is 11.5 Å². The van der Waals surface area contributed by atoms with Gasteiger partial charge >= 0.3 is 0 Å². The summed E-state index contributed by atoms with van der Waals surface area (Å²) in [6.07, 6.45) is 2.10. The van der Waals surface area contributed by atoms with Crippen LogP contribution in [0.25, 0.3) is 0 Å². The van der Waals surface area contributed by atoms with Crippen molar-refractivity contribution >= 4 is 0 Å². The molecule has 0 aliphatic rings. The number of hydrogen-bond donors (Lipinski definition) is 2. The van der Waals surface area contributed by atoms with E-state index in [2.05, 4.69) is 31.3 Å². The summed E-state index contributed by atoms with van der Waals surface area (Å²) in [4.78, 5) is 0. The van der Waals surface area contributed by atoms with Crippen LogP contribution in [0.2, 0.25) is 0 Å². The van der Waals surface area contributed by atoms with E-state index in [0.717, 1.165) is 24.0 Å². The lowest BCUT2D eigenvalue weighted by Gasteiger charge is -2.26. The van der Waals surface area contributed by atoms with Gasteiger partial charge in [-0.15, -0.1) is 0 Å². The highest BCUT2D eigenvalue weighted by molar-refractivity contribution is 5.45. The molecule has 0 aliphatic carbocycles. The summed E-state index contributed by atoms with van der Waals surface area (Å²) >= 11 is 0. The number of methoxy groups -OCH3 is 1. The van der Waals surface area contributed by atoms with Gasteiger partial charge in [-0.3, -0.25) is 0 Å². The number of hydrogen-bond acceptors (Lipinski definition) is 3. The van der Waals surface area contributed by atoms with E-state index in [1.807, 2.05) is 30.3 Å². The minimum Gasteiger partial charge on any atom is -0.507 e. The van der Waals surface area contributed by atoms with Gasteiger partial charge in [0.2, 0.25) is 0 Å². The molecule has 1 atom stereocenters. The molecule has 0 fully saturated rings. The van der Waals surface area contributed by atoms with Crippen LogP contribution in [0.3, 0.4) is 0 Å². The third-order valence-corrected chi connectivity index (χ3v) is 4.07. The van der Waals surface area contributed by atoms with E-state index in [4.69, 9.17) is 4.74 Å². The van der Waals surface area contributed by atoms with Gasteiger partial charge in [-0.25, -0.2) is 0 Å². The maximum absolute atomic E-state index is 10.4. The first-order valence-electron chi connectivity index (χ1n) is 7.87. The Bertz CT molecular complexity index is 579. The minimum atomic E-state index is -0.0305. The van der Waals surface area contributed by atoms with Crippen LogP contribution in [0.1, 0.15) is 43.9 Å². The van der Waals surface area contributed by atoms with Crippen LogP contribution in [0, 0.1) is 0 Å². The molecular weight excluding hydrogens is 274 g/mol. The van der Waals surface area contributed by atoms with Crippen LogP contribution in [0.15, 0.2) is 48.5 Å². The molecule has 0 spiro atoms. The summed E-state index contributed by atoms with van der Waals surface area (Å²) < 4.78 is 5.18. The second-order valence-electron chi connectivity index (χ2n) is 5.45. The highest BCUT2D eigenvalue weighted by Crippen LogP contribution is 2.32. The third kappa shape index (κ3) is 3.80. The van der Waals surface area contributed by atoms with Gasteiger partial charge in [0, 0.05) is 17.7 Å². The first kappa shape index (κ1) is 16.4. The fourth-order valence-electron chi connectivity index (χ4n) is 2.67. The van der Waals surface area contributed by atoms with Crippen molar-refractivity contribution in [2.45, 2.75) is 38.8 Å². The molecule has 22 heavy (non-hydrogen) atoms. The topological polar surface area (TPSA) is 41.5 Å². The normalized spacial score (nSPS) is 12.4. The Kier molecular flexibility index (Phi) is 5.84. The summed E-state index contributed by atoms with van der Waals surface area (Å²) in [5.74, 6) is 0.919. The Hall–Kier alpha value is -2.00. The van der Waals surface area contributed by atoms with Crippen LogP contribution in [-0.2, 0) is 0 Å². The Morgan fingerprint density at radius 2 is 1.73 bits per heavy atom. The number of rotatable bonds is 7. The van der Waals surface area contributed by atoms with E-state index in [1.54, 1.807) is 13.2 Å². The molecule has 0 aliphatic heterocycles. The van der Waals surface area contributed by atoms with Crippen molar-refractivity contribution in [3.63, 3.8) is 0 Å². The van der Waals surface area contributed by atoms with Gasteiger partial charge in [0.1, 0.15) is 11.5 Å². The van der Waals surface area contributed by atoms with Gasteiger partial charge in [-0.2, -0.15) is 0 Å². The van der Waals surface area contributed by atoms with E-state index in [1.165, 1.54) is 0 Å². The van der Waals surface area contributed by atoms with E-state index in [0.29, 0.717) is 11.8 Å². The Morgan fingerprint density at radius 1 is 1.05 bits per heavy atom. The molecule has 0 aromatic heterocycles. The molecular formula is C19H25NO2. The van der Waals surface area contributed by atoms with Crippen LogP contribution in [-0.4, -0.2) is 18.3 Å². The van der Waals surface area contributed by atoms with Gasteiger partial charge < -0.3 is 15.2 Å². The lowest BCUT2D eigenvalue weighted by Crippen LogP contribution is -2.32. The molecule has 0 heterocycles. The molecule has 2 aromatic carbocycles. The van der Waals surface area contributed by atoms with Crippen LogP contribution in [0.5, 0.6) is 11.5 Å². The van der Waals surface area contributed by atoms with Crippen molar-refractivity contribution in [3.05, 3.63) is 59.7 Å². The van der Waals surface area contributed by atoms with Crippen molar-refractivity contribution in [1.82, 2.24) is 5.32 Å². The van der Waals surface area contributed by atoms with Crippen LogP contribution >= 0.6 is 0 Å². The minimum absolute atomic E-state index is 0.0305. The number of benzene rings is 2. The zero-order chi connectivity index (χ0) is 15.9. The zero-order valence-electron chi connectivity index (χ0n) is 13.5. The molecule has 1 unspecified atom stereocenters. The molecule has 2 rings (SSSR count). The van der Waals surface area contributed by atoms with Crippen molar-refractivity contribution in [2.24, 2.45) is 0 Å². The lowest BCUT2D eigenvalue weighted by atomic mass is 9.96. The van der Waals surface area contributed by atoms with Crippen molar-refractivity contribution in [2.75, 3.05) is 7.11 Å². The predicted octanol–water partition coefficient (Wildman–Crippen LogP) is 4.27. The maximum Gasteiger partial charge on any atom is 0.124 e. The summed E-state index contributed by atoms with van der Waals surface area (Å²) in [5, 5.41) is 14.1. The second kappa shape index (κ2) is 7.85. The molecule has 3 heteroatoms. The molecule has 118 valence electrons. The fourth-order valence-corrected chi connectivity index (χ4v) is 2.67. The largest absolute Gasteiger partial charge is 0.507 e. The standard InChI is InChI=1S/C19H25NO2/c1-4-15(5-2)20-19(14-9-7-6-8-10-14)17-12-11-16(22-3)13-18(17)21/h6-13,15,19-21H,4-5H2,1-3H3. The van der Waals surface area contributed by atoms with Crippen molar-refractivity contribution in [1.29, 1.82) is 0 Å². The average molecular weight is 299 g/mol. The van der Waals surface area contributed by atoms with Gasteiger partial charge in [0.05, 0.1) is 13.2 Å². The number of phenolic OH excluding ortho intramolecular Hbond substituents is 1. The SMILES string of the molecule is CCC(CC)NC(c1ccccc1)c1ccc(OC)cc1O. The van der Waals surface area contributed by atoms with E-state index >= 15 is 0 Å². The summed E-state index contributed by atoms with van der Waals surface area (Å²) in [5.41, 5.74) is 2.02. The maximum atomic E-state index is 10.4. The number of ether oxygens (including phenoxy) is 1.